The first-order valence-electron chi connectivity index (χ1n) is 8.68. The highest BCUT2D eigenvalue weighted by atomic mass is 35.5. The molecule has 0 amide bonds. The summed E-state index contributed by atoms with van der Waals surface area (Å²) in [6, 6.07) is 15.0. The molecule has 0 aliphatic carbocycles. The molecule has 0 aliphatic rings. The first-order chi connectivity index (χ1) is 12.8. The normalized spacial score (nSPS) is 12.0. The van der Waals surface area contributed by atoms with Crippen LogP contribution in [0.1, 0.15) is 42.1 Å². The van der Waals surface area contributed by atoms with Gasteiger partial charge in [-0.2, -0.15) is 18.3 Å². The lowest BCUT2D eigenvalue weighted by molar-refractivity contribution is -0.137. The number of aromatic nitrogens is 2. The summed E-state index contributed by atoms with van der Waals surface area (Å²) >= 11 is 6.22. The third kappa shape index (κ3) is 4.19. The Balaban J connectivity index is 2.06. The fraction of sp³-hybridized carbons (Fsp3) is 0.286. The summed E-state index contributed by atoms with van der Waals surface area (Å²) in [5.41, 5.74) is 3.63. The van der Waals surface area contributed by atoms with E-state index in [9.17, 15) is 13.2 Å². The zero-order valence-corrected chi connectivity index (χ0v) is 15.8. The fourth-order valence-corrected chi connectivity index (χ4v) is 3.46. The van der Waals surface area contributed by atoms with Gasteiger partial charge in [0, 0.05) is 11.1 Å². The Labute approximate surface area is 161 Å². The summed E-state index contributed by atoms with van der Waals surface area (Å²) < 4.78 is 40.4. The van der Waals surface area contributed by atoms with E-state index in [-0.39, 0.29) is 11.8 Å². The summed E-state index contributed by atoms with van der Waals surface area (Å²) in [7, 11) is 0. The van der Waals surface area contributed by atoms with Gasteiger partial charge >= 0.3 is 6.18 Å². The van der Waals surface area contributed by atoms with Crippen molar-refractivity contribution < 1.29 is 13.2 Å². The number of rotatable bonds is 5. The van der Waals surface area contributed by atoms with Crippen LogP contribution in [0.15, 0.2) is 54.6 Å². The van der Waals surface area contributed by atoms with Crippen LogP contribution in [0.5, 0.6) is 0 Å². The van der Waals surface area contributed by atoms with Crippen molar-refractivity contribution in [3.63, 3.8) is 0 Å². The molecule has 2 nitrogen and oxygen atoms in total. The highest BCUT2D eigenvalue weighted by molar-refractivity contribution is 6.17. The predicted molar refractivity (Wildman–Crippen MR) is 102 cm³/mol. The van der Waals surface area contributed by atoms with Gasteiger partial charge in [-0.3, -0.25) is 4.68 Å². The molecule has 0 unspecified atom stereocenters. The Morgan fingerprint density at radius 2 is 1.63 bits per heavy atom. The summed E-state index contributed by atoms with van der Waals surface area (Å²) in [6.45, 7) is 4.63. The second kappa shape index (κ2) is 7.77. The van der Waals surface area contributed by atoms with Crippen LogP contribution in [-0.4, -0.2) is 9.78 Å². The Morgan fingerprint density at radius 3 is 2.15 bits per heavy atom. The highest BCUT2D eigenvalue weighted by Gasteiger charge is 2.30. The number of hydrogen-bond acceptors (Lipinski definition) is 1. The van der Waals surface area contributed by atoms with Crippen LogP contribution in [0.3, 0.4) is 0 Å². The SMILES string of the molecule is CC(C)c1c(-c2ccc(C(F)(F)F)cc2)nn(Cc2ccccc2)c1CCl. The molecule has 0 saturated heterocycles. The first kappa shape index (κ1) is 19.5. The van der Waals surface area contributed by atoms with E-state index in [1.807, 2.05) is 48.9 Å². The van der Waals surface area contributed by atoms with Gasteiger partial charge in [-0.05, 0) is 23.6 Å². The van der Waals surface area contributed by atoms with Gasteiger partial charge in [0.25, 0.3) is 0 Å². The maximum atomic E-state index is 12.9. The molecule has 0 N–H and O–H groups in total. The van der Waals surface area contributed by atoms with E-state index >= 15 is 0 Å². The van der Waals surface area contributed by atoms with Crippen molar-refractivity contribution in [2.45, 2.75) is 38.4 Å². The lowest BCUT2D eigenvalue weighted by atomic mass is 9.96. The van der Waals surface area contributed by atoms with Crippen LogP contribution in [-0.2, 0) is 18.6 Å². The van der Waals surface area contributed by atoms with E-state index in [1.54, 1.807) is 0 Å². The van der Waals surface area contributed by atoms with Gasteiger partial charge in [0.05, 0.1) is 29.4 Å². The Kier molecular flexibility index (Phi) is 5.61. The first-order valence-corrected chi connectivity index (χ1v) is 9.21. The molecule has 2 aromatic carbocycles. The van der Waals surface area contributed by atoms with Crippen molar-refractivity contribution in [1.29, 1.82) is 0 Å². The minimum atomic E-state index is -4.35. The summed E-state index contributed by atoms with van der Waals surface area (Å²) in [5.74, 6) is 0.425. The standard InChI is InChI=1S/C21H20ClF3N2/c1-14(2)19-18(12-22)27(13-15-6-4-3-5-7-15)26-20(19)16-8-10-17(11-9-16)21(23,24)25/h3-11,14H,12-13H2,1-2H3. The van der Waals surface area contributed by atoms with Gasteiger partial charge in [0.15, 0.2) is 0 Å². The molecule has 0 aliphatic heterocycles. The van der Waals surface area contributed by atoms with Gasteiger partial charge in [-0.1, -0.05) is 56.3 Å². The molecule has 1 heterocycles. The molecule has 3 aromatic rings. The third-order valence-corrected chi connectivity index (χ3v) is 4.72. The predicted octanol–water partition coefficient (Wildman–Crippen LogP) is 6.48. The van der Waals surface area contributed by atoms with Crippen molar-refractivity contribution in [2.75, 3.05) is 0 Å². The van der Waals surface area contributed by atoms with E-state index in [0.29, 0.717) is 17.8 Å². The molecule has 0 fully saturated rings. The van der Waals surface area contributed by atoms with Crippen LogP contribution < -0.4 is 0 Å². The molecule has 0 spiro atoms. The average Bonchev–Trinajstić information content (AvgIpc) is 3.00. The second-order valence-corrected chi connectivity index (χ2v) is 6.98. The molecule has 0 radical (unpaired) electrons. The molecule has 6 heteroatoms. The molecule has 27 heavy (non-hydrogen) atoms. The third-order valence-electron chi connectivity index (χ3n) is 4.46. The molecule has 142 valence electrons. The lowest BCUT2D eigenvalue weighted by Crippen LogP contribution is -2.06. The second-order valence-electron chi connectivity index (χ2n) is 6.72. The molecule has 0 bridgehead atoms. The Bertz CT molecular complexity index is 898. The zero-order valence-electron chi connectivity index (χ0n) is 15.1. The monoisotopic (exact) mass is 392 g/mol. The van der Waals surface area contributed by atoms with Gasteiger partial charge in [0.2, 0.25) is 0 Å². The Hall–Kier alpha value is -2.27. The van der Waals surface area contributed by atoms with Crippen molar-refractivity contribution in [3.05, 3.63) is 77.0 Å². The van der Waals surface area contributed by atoms with Crippen LogP contribution in [0, 0.1) is 0 Å². The Morgan fingerprint density at radius 1 is 1.00 bits per heavy atom. The largest absolute Gasteiger partial charge is 0.416 e. The molecule has 0 saturated carbocycles. The molecular weight excluding hydrogens is 373 g/mol. The van der Waals surface area contributed by atoms with Crippen molar-refractivity contribution >= 4 is 11.6 Å². The summed E-state index contributed by atoms with van der Waals surface area (Å²) in [6.07, 6.45) is -4.35. The number of halogens is 4. The number of nitrogens with zero attached hydrogens (tertiary/aromatic N) is 2. The maximum Gasteiger partial charge on any atom is 0.416 e. The van der Waals surface area contributed by atoms with E-state index in [0.717, 1.165) is 29.0 Å². The van der Waals surface area contributed by atoms with Crippen molar-refractivity contribution in [3.8, 4) is 11.3 Å². The van der Waals surface area contributed by atoms with Crippen molar-refractivity contribution in [1.82, 2.24) is 9.78 Å². The van der Waals surface area contributed by atoms with Gasteiger partial charge in [-0.25, -0.2) is 0 Å². The van der Waals surface area contributed by atoms with Gasteiger partial charge in [0.1, 0.15) is 0 Å². The summed E-state index contributed by atoms with van der Waals surface area (Å²) in [4.78, 5) is 0. The number of benzene rings is 2. The fourth-order valence-electron chi connectivity index (χ4n) is 3.18. The van der Waals surface area contributed by atoms with Crippen LogP contribution in [0.4, 0.5) is 13.2 Å². The number of alkyl halides is 4. The van der Waals surface area contributed by atoms with Gasteiger partial charge < -0.3 is 0 Å². The molecule has 3 rings (SSSR count). The van der Waals surface area contributed by atoms with E-state index in [1.165, 1.54) is 12.1 Å². The quantitative estimate of drug-likeness (QED) is 0.454. The van der Waals surface area contributed by atoms with E-state index in [2.05, 4.69) is 0 Å². The van der Waals surface area contributed by atoms with Crippen LogP contribution in [0.2, 0.25) is 0 Å². The minimum absolute atomic E-state index is 0.139. The van der Waals surface area contributed by atoms with Crippen molar-refractivity contribution in [2.24, 2.45) is 0 Å². The van der Waals surface area contributed by atoms with Crippen LogP contribution in [0.25, 0.3) is 11.3 Å². The number of hydrogen-bond donors (Lipinski definition) is 0. The lowest BCUT2D eigenvalue weighted by Gasteiger charge is -2.11. The zero-order chi connectivity index (χ0) is 19.6. The molecule has 1 aromatic heterocycles. The van der Waals surface area contributed by atoms with E-state index in [4.69, 9.17) is 16.7 Å². The van der Waals surface area contributed by atoms with Crippen LogP contribution >= 0.6 is 11.6 Å². The maximum absolute atomic E-state index is 12.9. The minimum Gasteiger partial charge on any atom is -0.263 e. The molecule has 0 atom stereocenters. The summed E-state index contributed by atoms with van der Waals surface area (Å²) in [5, 5.41) is 4.71. The smallest absolute Gasteiger partial charge is 0.263 e. The van der Waals surface area contributed by atoms with Gasteiger partial charge in [-0.15, -0.1) is 11.6 Å². The van der Waals surface area contributed by atoms with E-state index < -0.39 is 11.7 Å². The highest BCUT2D eigenvalue weighted by Crippen LogP contribution is 2.35. The average molecular weight is 393 g/mol. The topological polar surface area (TPSA) is 17.8 Å². The molecular formula is C21H20ClF3N2.